The third-order valence-corrected chi connectivity index (χ3v) is 2.47. The molecule has 0 saturated carbocycles. The van der Waals surface area contributed by atoms with Gasteiger partial charge in [0.15, 0.2) is 0 Å². The van der Waals surface area contributed by atoms with Gasteiger partial charge in [0.25, 0.3) is 5.88 Å². The molecule has 1 rings (SSSR count). The first-order valence-electron chi connectivity index (χ1n) is 5.66. The number of nitrogens with zero attached hydrogens (tertiary/aromatic N) is 3. The third kappa shape index (κ3) is 3.80. The van der Waals surface area contributed by atoms with E-state index >= 15 is 0 Å². The molecule has 0 fully saturated rings. The fourth-order valence-corrected chi connectivity index (χ4v) is 1.91. The standard InChI is InChI=1S/C11H16ClN3O3/c1-6(2)5-7(3)18-10-9(15(16)17)8(4)13-11(12)14-10/h6-7H,5H2,1-4H3. The molecule has 7 heteroatoms. The van der Waals surface area contributed by atoms with Gasteiger partial charge in [0.2, 0.25) is 5.28 Å². The highest BCUT2D eigenvalue weighted by molar-refractivity contribution is 6.28. The molecular weight excluding hydrogens is 258 g/mol. The first-order valence-corrected chi connectivity index (χ1v) is 6.04. The lowest BCUT2D eigenvalue weighted by molar-refractivity contribution is -0.387. The third-order valence-electron chi connectivity index (χ3n) is 2.30. The van der Waals surface area contributed by atoms with Gasteiger partial charge in [0, 0.05) is 0 Å². The van der Waals surface area contributed by atoms with Crippen LogP contribution < -0.4 is 4.74 Å². The minimum Gasteiger partial charge on any atom is -0.470 e. The number of aryl methyl sites for hydroxylation is 1. The topological polar surface area (TPSA) is 78.2 Å². The Labute approximate surface area is 110 Å². The molecule has 1 aromatic rings. The maximum absolute atomic E-state index is 11.0. The maximum atomic E-state index is 11.0. The van der Waals surface area contributed by atoms with E-state index < -0.39 is 4.92 Å². The van der Waals surface area contributed by atoms with E-state index in [0.29, 0.717) is 5.92 Å². The van der Waals surface area contributed by atoms with E-state index in [0.717, 1.165) is 6.42 Å². The van der Waals surface area contributed by atoms with Crippen LogP contribution in [0.4, 0.5) is 5.69 Å². The molecule has 0 aromatic carbocycles. The average Bonchev–Trinajstić information content (AvgIpc) is 2.12. The van der Waals surface area contributed by atoms with Crippen molar-refractivity contribution < 1.29 is 9.66 Å². The minimum absolute atomic E-state index is 0.0511. The Morgan fingerprint density at radius 2 is 2.00 bits per heavy atom. The van der Waals surface area contributed by atoms with E-state index in [1.54, 1.807) is 0 Å². The van der Waals surface area contributed by atoms with E-state index in [9.17, 15) is 10.1 Å². The van der Waals surface area contributed by atoms with Gasteiger partial charge in [-0.1, -0.05) is 13.8 Å². The number of hydrogen-bond donors (Lipinski definition) is 0. The molecule has 0 amide bonds. The number of nitro groups is 1. The summed E-state index contributed by atoms with van der Waals surface area (Å²) >= 11 is 5.69. The Kier molecular flexibility index (Phi) is 4.84. The van der Waals surface area contributed by atoms with Crippen LogP contribution in [0.15, 0.2) is 0 Å². The predicted molar refractivity (Wildman–Crippen MR) is 68.0 cm³/mol. The van der Waals surface area contributed by atoms with Gasteiger partial charge in [-0.05, 0) is 37.8 Å². The lowest BCUT2D eigenvalue weighted by atomic mass is 10.1. The zero-order chi connectivity index (χ0) is 13.9. The van der Waals surface area contributed by atoms with E-state index in [2.05, 4.69) is 9.97 Å². The summed E-state index contributed by atoms with van der Waals surface area (Å²) in [5.74, 6) is 0.364. The molecular formula is C11H16ClN3O3. The molecule has 0 aliphatic heterocycles. The van der Waals surface area contributed by atoms with Crippen molar-refractivity contribution in [2.75, 3.05) is 0 Å². The molecule has 0 N–H and O–H groups in total. The highest BCUT2D eigenvalue weighted by atomic mass is 35.5. The molecule has 0 saturated heterocycles. The SMILES string of the molecule is Cc1nc(Cl)nc(OC(C)CC(C)C)c1[N+](=O)[O-]. The van der Waals surface area contributed by atoms with E-state index in [1.807, 2.05) is 20.8 Å². The van der Waals surface area contributed by atoms with Crippen LogP contribution in [0.2, 0.25) is 5.28 Å². The smallest absolute Gasteiger partial charge is 0.352 e. The summed E-state index contributed by atoms with van der Waals surface area (Å²) in [6, 6.07) is 0. The quantitative estimate of drug-likeness (QED) is 0.468. The van der Waals surface area contributed by atoms with E-state index in [4.69, 9.17) is 16.3 Å². The number of ether oxygens (including phenoxy) is 1. The summed E-state index contributed by atoms with van der Waals surface area (Å²) in [6.07, 6.45) is 0.603. The molecule has 0 aliphatic carbocycles. The van der Waals surface area contributed by atoms with Crippen molar-refractivity contribution in [3.8, 4) is 5.88 Å². The van der Waals surface area contributed by atoms with Gasteiger partial charge in [-0.2, -0.15) is 4.98 Å². The largest absolute Gasteiger partial charge is 0.470 e. The molecule has 1 unspecified atom stereocenters. The van der Waals surface area contributed by atoms with E-state index in [-0.39, 0.29) is 28.6 Å². The van der Waals surface area contributed by atoms with Crippen LogP contribution in [0.1, 0.15) is 32.9 Å². The molecule has 100 valence electrons. The predicted octanol–water partition coefficient (Wildman–Crippen LogP) is 3.16. The highest BCUT2D eigenvalue weighted by Gasteiger charge is 2.24. The second kappa shape index (κ2) is 5.95. The summed E-state index contributed by atoms with van der Waals surface area (Å²) in [5.41, 5.74) is -0.0262. The monoisotopic (exact) mass is 273 g/mol. The van der Waals surface area contributed by atoms with Crippen molar-refractivity contribution in [2.24, 2.45) is 5.92 Å². The molecule has 18 heavy (non-hydrogen) atoms. The van der Waals surface area contributed by atoms with Crippen molar-refractivity contribution in [2.45, 2.75) is 40.2 Å². The Morgan fingerprint density at radius 1 is 1.39 bits per heavy atom. The summed E-state index contributed by atoms with van der Waals surface area (Å²) in [6.45, 7) is 7.44. The zero-order valence-corrected chi connectivity index (χ0v) is 11.6. The highest BCUT2D eigenvalue weighted by Crippen LogP contribution is 2.29. The fourth-order valence-electron chi connectivity index (χ4n) is 1.70. The number of hydrogen-bond acceptors (Lipinski definition) is 5. The summed E-state index contributed by atoms with van der Waals surface area (Å²) in [5, 5.41) is 10.9. The van der Waals surface area contributed by atoms with E-state index in [1.165, 1.54) is 6.92 Å². The fraction of sp³-hybridized carbons (Fsp3) is 0.636. The van der Waals surface area contributed by atoms with Crippen LogP contribution >= 0.6 is 11.6 Å². The summed E-state index contributed by atoms with van der Waals surface area (Å²) in [4.78, 5) is 18.0. The lowest BCUT2D eigenvalue weighted by Gasteiger charge is -2.16. The molecule has 0 spiro atoms. The normalized spacial score (nSPS) is 12.6. The first-order chi connectivity index (χ1) is 8.31. The van der Waals surface area contributed by atoms with Crippen LogP contribution in [0.3, 0.4) is 0 Å². The van der Waals surface area contributed by atoms with Crippen molar-refractivity contribution in [3.05, 3.63) is 21.1 Å². The van der Waals surface area contributed by atoms with Gasteiger partial charge in [0.1, 0.15) is 5.69 Å². The van der Waals surface area contributed by atoms with Crippen molar-refractivity contribution in [3.63, 3.8) is 0 Å². The van der Waals surface area contributed by atoms with Gasteiger partial charge in [-0.15, -0.1) is 0 Å². The minimum atomic E-state index is -0.552. The second-order valence-corrected chi connectivity index (χ2v) is 4.88. The van der Waals surface area contributed by atoms with Gasteiger partial charge in [-0.25, -0.2) is 4.98 Å². The molecule has 1 atom stereocenters. The molecule has 0 aliphatic rings. The number of halogens is 1. The van der Waals surface area contributed by atoms with Gasteiger partial charge < -0.3 is 4.74 Å². The molecule has 0 bridgehead atoms. The molecule has 6 nitrogen and oxygen atoms in total. The Bertz CT molecular complexity index is 451. The summed E-state index contributed by atoms with van der Waals surface area (Å²) in [7, 11) is 0. The van der Waals surface area contributed by atoms with Crippen LogP contribution in [-0.4, -0.2) is 21.0 Å². The van der Waals surface area contributed by atoms with Gasteiger partial charge in [0.05, 0.1) is 11.0 Å². The zero-order valence-electron chi connectivity index (χ0n) is 10.8. The van der Waals surface area contributed by atoms with Crippen molar-refractivity contribution in [1.82, 2.24) is 9.97 Å². The van der Waals surface area contributed by atoms with Crippen molar-refractivity contribution in [1.29, 1.82) is 0 Å². The van der Waals surface area contributed by atoms with Crippen LogP contribution in [0.5, 0.6) is 5.88 Å². The van der Waals surface area contributed by atoms with Gasteiger partial charge >= 0.3 is 5.69 Å². The molecule has 1 heterocycles. The second-order valence-electron chi connectivity index (χ2n) is 4.55. The maximum Gasteiger partial charge on any atom is 0.352 e. The van der Waals surface area contributed by atoms with Crippen LogP contribution in [0, 0.1) is 23.0 Å². The van der Waals surface area contributed by atoms with Crippen LogP contribution in [-0.2, 0) is 0 Å². The average molecular weight is 274 g/mol. The molecule has 0 radical (unpaired) electrons. The Hall–Kier alpha value is -1.43. The van der Waals surface area contributed by atoms with Crippen LogP contribution in [0.25, 0.3) is 0 Å². The summed E-state index contributed by atoms with van der Waals surface area (Å²) < 4.78 is 5.50. The Balaban J connectivity index is 3.03. The number of rotatable bonds is 5. The first kappa shape index (κ1) is 14.6. The number of aromatic nitrogens is 2. The Morgan fingerprint density at radius 3 is 2.50 bits per heavy atom. The lowest BCUT2D eigenvalue weighted by Crippen LogP contribution is -2.16. The molecule has 1 aromatic heterocycles. The van der Waals surface area contributed by atoms with Crippen molar-refractivity contribution >= 4 is 17.3 Å². The van der Waals surface area contributed by atoms with Gasteiger partial charge in [-0.3, -0.25) is 10.1 Å².